The number of alkyl halides is 3. The fourth-order valence-corrected chi connectivity index (χ4v) is 4.07. The van der Waals surface area contributed by atoms with Gasteiger partial charge in [-0.1, -0.05) is 0 Å². The summed E-state index contributed by atoms with van der Waals surface area (Å²) in [6.07, 6.45) is -2.92. The highest BCUT2D eigenvalue weighted by Gasteiger charge is 2.50. The molecule has 7 nitrogen and oxygen atoms in total. The molecule has 0 saturated carbocycles. The third-order valence-corrected chi connectivity index (χ3v) is 6.03. The van der Waals surface area contributed by atoms with E-state index in [9.17, 15) is 31.0 Å². The lowest BCUT2D eigenvalue weighted by molar-refractivity contribution is -0.168. The molecule has 32 heavy (non-hydrogen) atoms. The predicted molar refractivity (Wildman–Crippen MR) is 106 cm³/mol. The van der Waals surface area contributed by atoms with Crippen molar-refractivity contribution in [3.8, 4) is 5.75 Å². The van der Waals surface area contributed by atoms with Gasteiger partial charge in [0.15, 0.2) is 11.6 Å². The minimum absolute atomic E-state index is 0.0782. The van der Waals surface area contributed by atoms with E-state index in [0.717, 1.165) is 30.4 Å². The largest absolute Gasteiger partial charge is 0.491 e. The fourth-order valence-electron chi connectivity index (χ4n) is 3.46. The summed E-state index contributed by atoms with van der Waals surface area (Å²) in [5.41, 5.74) is -0.120. The number of anilines is 2. The van der Waals surface area contributed by atoms with Crippen LogP contribution in [0.5, 0.6) is 5.75 Å². The van der Waals surface area contributed by atoms with Crippen molar-refractivity contribution >= 4 is 27.0 Å². The van der Waals surface area contributed by atoms with Crippen molar-refractivity contribution in [2.24, 2.45) is 5.92 Å². The van der Waals surface area contributed by atoms with Gasteiger partial charge in [0.05, 0.1) is 28.4 Å². The van der Waals surface area contributed by atoms with Gasteiger partial charge in [0.2, 0.25) is 11.7 Å². The molecule has 0 radical (unpaired) electrons. The zero-order chi connectivity index (χ0) is 23.8. The summed E-state index contributed by atoms with van der Waals surface area (Å²) in [4.78, 5) is 17.7. The van der Waals surface area contributed by atoms with Crippen molar-refractivity contribution in [2.75, 3.05) is 30.1 Å². The maximum Gasteiger partial charge on any atom is 0.393 e. The molecule has 1 aromatic heterocycles. The fraction of sp³-hybridized carbons (Fsp3) is 0.368. The lowest BCUT2D eigenvalue weighted by atomic mass is 10.0. The van der Waals surface area contributed by atoms with E-state index in [0.29, 0.717) is 0 Å². The molecular formula is C19H19F5N4O3S. The van der Waals surface area contributed by atoms with Crippen LogP contribution in [0.15, 0.2) is 35.5 Å². The summed E-state index contributed by atoms with van der Waals surface area (Å²) in [6.45, 7) is -0.667. The number of pyridine rings is 1. The Bertz CT molecular complexity index is 1140. The normalized spacial score (nSPS) is 20.7. The lowest BCUT2D eigenvalue weighted by Crippen LogP contribution is -2.40. The minimum atomic E-state index is -4.62. The van der Waals surface area contributed by atoms with Crippen molar-refractivity contribution in [3.05, 3.63) is 42.1 Å². The third-order valence-electron chi connectivity index (χ3n) is 5.01. The molecule has 0 aliphatic carbocycles. The molecule has 1 aromatic carbocycles. The Morgan fingerprint density at radius 1 is 1.31 bits per heavy atom. The van der Waals surface area contributed by atoms with Crippen molar-refractivity contribution in [2.45, 2.75) is 23.7 Å². The standard InChI is InChI=1S/C19H19F5N4O3S/c1-31-17-13(4-3-12(20)16(17)21)28-9-10(19(22,23)24)7-14(28)18(29)27-11-5-6-26-15(8-11)32(2,25)30/h3-6,8,10,14,25H,7,9H2,1-2H3,(H,26,27,29)/t10-,14+,32+/m0/s1. The first kappa shape index (κ1) is 23.7. The number of nitrogens with one attached hydrogen (secondary N) is 2. The highest BCUT2D eigenvalue weighted by Crippen LogP contribution is 2.43. The maximum atomic E-state index is 14.2. The van der Waals surface area contributed by atoms with Gasteiger partial charge < -0.3 is 15.0 Å². The average molecular weight is 478 g/mol. The van der Waals surface area contributed by atoms with Gasteiger partial charge in [0, 0.05) is 24.7 Å². The van der Waals surface area contributed by atoms with E-state index in [1.807, 2.05) is 0 Å². The summed E-state index contributed by atoms with van der Waals surface area (Å²) >= 11 is 0. The van der Waals surface area contributed by atoms with Gasteiger partial charge in [-0.3, -0.25) is 4.79 Å². The van der Waals surface area contributed by atoms with Gasteiger partial charge in [0.25, 0.3) is 0 Å². The molecule has 2 heterocycles. The Balaban J connectivity index is 1.97. The molecule has 0 spiro atoms. The van der Waals surface area contributed by atoms with E-state index in [1.54, 1.807) is 0 Å². The number of hydrogen-bond donors (Lipinski definition) is 2. The molecule has 2 aromatic rings. The van der Waals surface area contributed by atoms with E-state index in [-0.39, 0.29) is 16.4 Å². The van der Waals surface area contributed by atoms with E-state index >= 15 is 0 Å². The molecule has 13 heteroatoms. The van der Waals surface area contributed by atoms with Gasteiger partial charge in [-0.25, -0.2) is 18.4 Å². The molecule has 2 N–H and O–H groups in total. The van der Waals surface area contributed by atoms with Crippen LogP contribution < -0.4 is 15.0 Å². The molecule has 1 amide bonds. The molecule has 1 fully saturated rings. The van der Waals surface area contributed by atoms with E-state index < -0.39 is 64.1 Å². The number of halogens is 5. The second-order valence-electron chi connectivity index (χ2n) is 7.27. The summed E-state index contributed by atoms with van der Waals surface area (Å²) < 4.78 is 92.4. The van der Waals surface area contributed by atoms with Gasteiger partial charge in [-0.2, -0.15) is 17.6 Å². The average Bonchev–Trinajstić information content (AvgIpc) is 3.15. The van der Waals surface area contributed by atoms with Crippen LogP contribution in [0.25, 0.3) is 0 Å². The zero-order valence-corrected chi connectivity index (χ0v) is 17.7. The number of amides is 1. The molecule has 0 unspecified atom stereocenters. The van der Waals surface area contributed by atoms with Crippen LogP contribution in [0.1, 0.15) is 6.42 Å². The van der Waals surface area contributed by atoms with Gasteiger partial charge in [-0.05, 0) is 30.7 Å². The van der Waals surface area contributed by atoms with Gasteiger partial charge >= 0.3 is 6.18 Å². The predicted octanol–water partition coefficient (Wildman–Crippen LogP) is 3.80. The number of hydrogen-bond acceptors (Lipinski definition) is 6. The van der Waals surface area contributed by atoms with Crippen LogP contribution >= 0.6 is 0 Å². The van der Waals surface area contributed by atoms with Gasteiger partial charge in [0.1, 0.15) is 11.1 Å². The number of carbonyl (C=O) groups is 1. The van der Waals surface area contributed by atoms with E-state index in [4.69, 9.17) is 9.52 Å². The highest BCUT2D eigenvalue weighted by molar-refractivity contribution is 7.91. The van der Waals surface area contributed by atoms with Crippen molar-refractivity contribution in [1.82, 2.24) is 4.98 Å². The van der Waals surface area contributed by atoms with Crippen molar-refractivity contribution in [1.29, 1.82) is 4.78 Å². The molecule has 1 aliphatic heterocycles. The quantitative estimate of drug-likeness (QED) is 0.638. The van der Waals surface area contributed by atoms with Crippen molar-refractivity contribution in [3.63, 3.8) is 0 Å². The second kappa shape index (κ2) is 8.52. The summed E-state index contributed by atoms with van der Waals surface area (Å²) in [5, 5.41) is 2.31. The SMILES string of the molecule is COc1c(N2C[C@@H](C(F)(F)F)C[C@@H]2C(=O)Nc2ccnc([S@](C)(=N)=O)c2)ccc(F)c1F. The van der Waals surface area contributed by atoms with Crippen LogP contribution in [0.2, 0.25) is 0 Å². The molecule has 174 valence electrons. The van der Waals surface area contributed by atoms with E-state index in [2.05, 4.69) is 10.3 Å². The Kier molecular flexibility index (Phi) is 6.31. The Morgan fingerprint density at radius 2 is 2.00 bits per heavy atom. The number of benzene rings is 1. The van der Waals surface area contributed by atoms with Crippen LogP contribution in [0, 0.1) is 22.3 Å². The first-order chi connectivity index (χ1) is 14.8. The monoisotopic (exact) mass is 478 g/mol. The summed E-state index contributed by atoms with van der Waals surface area (Å²) in [5.74, 6) is -6.00. The second-order valence-corrected chi connectivity index (χ2v) is 9.38. The Hall–Kier alpha value is -2.96. The number of aromatic nitrogens is 1. The number of methoxy groups -OCH3 is 1. The summed E-state index contributed by atoms with van der Waals surface area (Å²) in [6, 6.07) is 2.91. The van der Waals surface area contributed by atoms with Crippen LogP contribution in [0.4, 0.5) is 33.3 Å². The molecular weight excluding hydrogens is 459 g/mol. The highest BCUT2D eigenvalue weighted by atomic mass is 32.2. The van der Waals surface area contributed by atoms with E-state index in [1.165, 1.54) is 18.3 Å². The van der Waals surface area contributed by atoms with Crippen LogP contribution in [0.3, 0.4) is 0 Å². The van der Waals surface area contributed by atoms with Crippen LogP contribution in [-0.2, 0) is 14.5 Å². The van der Waals surface area contributed by atoms with Crippen LogP contribution in [-0.4, -0.2) is 47.2 Å². The number of nitrogens with zero attached hydrogens (tertiary/aromatic N) is 2. The first-order valence-electron chi connectivity index (χ1n) is 9.19. The molecule has 1 saturated heterocycles. The first-order valence-corrected chi connectivity index (χ1v) is 11.2. The molecule has 3 atom stereocenters. The Labute approximate surface area is 180 Å². The molecule has 1 aliphatic rings. The summed E-state index contributed by atoms with van der Waals surface area (Å²) in [7, 11) is -2.16. The zero-order valence-electron chi connectivity index (χ0n) is 16.9. The number of rotatable bonds is 5. The smallest absolute Gasteiger partial charge is 0.393 e. The van der Waals surface area contributed by atoms with Gasteiger partial charge in [-0.15, -0.1) is 0 Å². The van der Waals surface area contributed by atoms with Crippen molar-refractivity contribution < 1.29 is 35.7 Å². The molecule has 3 rings (SSSR count). The topological polar surface area (TPSA) is 95.4 Å². The third kappa shape index (κ3) is 4.76. The minimum Gasteiger partial charge on any atom is -0.491 e. The number of carbonyl (C=O) groups excluding carboxylic acids is 1. The maximum absolute atomic E-state index is 14.2. The lowest BCUT2D eigenvalue weighted by Gasteiger charge is -2.27. The number of ether oxygens (including phenoxy) is 1. The molecule has 0 bridgehead atoms. The Morgan fingerprint density at radius 3 is 2.59 bits per heavy atom.